The molecule has 2 N–H and O–H groups in total. The molecule has 0 fully saturated rings. The van der Waals surface area contributed by atoms with Gasteiger partial charge in [-0.1, -0.05) is 30.4 Å². The van der Waals surface area contributed by atoms with Gasteiger partial charge in [0, 0.05) is 16.5 Å². The minimum atomic E-state index is 0.157. The van der Waals surface area contributed by atoms with Crippen LogP contribution in [-0.4, -0.2) is 4.98 Å². The summed E-state index contributed by atoms with van der Waals surface area (Å²) in [6.45, 7) is 0. The van der Waals surface area contributed by atoms with Crippen LogP contribution < -0.4 is 5.55 Å². The Morgan fingerprint density at radius 1 is 1.16 bits per heavy atom. The number of benzene rings is 1. The highest BCUT2D eigenvalue weighted by molar-refractivity contribution is 7.71. The van der Waals surface area contributed by atoms with E-state index in [2.05, 4.69) is 4.98 Å². The van der Waals surface area contributed by atoms with Crippen LogP contribution in [0.15, 0.2) is 28.7 Å². The molecule has 3 nitrogen and oxygen atoms in total. The van der Waals surface area contributed by atoms with E-state index in [9.17, 15) is 0 Å². The number of hydrogen-bond acceptors (Lipinski definition) is 3. The minimum Gasteiger partial charge on any atom is -0.438 e. The quantitative estimate of drug-likeness (QED) is 0.483. The minimum absolute atomic E-state index is 0.157. The molecule has 0 unspecified atom stereocenters. The van der Waals surface area contributed by atoms with Gasteiger partial charge in [0.25, 0.3) is 0 Å². The van der Waals surface area contributed by atoms with Crippen LogP contribution in [0.2, 0.25) is 0 Å². The Morgan fingerprint density at radius 2 is 2.00 bits per heavy atom. The molecule has 0 radical (unpaired) electrons. The normalized spacial score (nSPS) is 14.1. The van der Waals surface area contributed by atoms with E-state index in [0.717, 1.165) is 41.0 Å². The summed E-state index contributed by atoms with van der Waals surface area (Å²) in [4.78, 5) is 3.27. The third-order valence-corrected chi connectivity index (χ3v) is 4.16. The molecule has 2 heterocycles. The Labute approximate surface area is 114 Å². The summed E-state index contributed by atoms with van der Waals surface area (Å²) in [5.74, 6) is 0. The van der Waals surface area contributed by atoms with E-state index in [1.165, 1.54) is 11.3 Å². The standard InChI is InChI=1S/C15H12N2OS/c16-14-13-12(9-4-1-2-7-11(9)18-14)8-5-3-6-10(8)17-15(13)19/h1-2,4,7,16H,3,5-6H2,(H,17,19). The van der Waals surface area contributed by atoms with Gasteiger partial charge in [-0.15, -0.1) is 0 Å². The van der Waals surface area contributed by atoms with Crippen LogP contribution in [0, 0.1) is 10.0 Å². The number of aromatic amines is 1. The van der Waals surface area contributed by atoms with Crippen molar-refractivity contribution in [3.8, 4) is 0 Å². The number of pyridine rings is 1. The molecular weight excluding hydrogens is 256 g/mol. The molecule has 1 aliphatic carbocycles. The van der Waals surface area contributed by atoms with E-state index in [0.29, 0.717) is 4.64 Å². The fraction of sp³-hybridized carbons (Fsp3) is 0.200. The number of aryl methyl sites for hydroxylation is 2. The van der Waals surface area contributed by atoms with Crippen LogP contribution in [-0.2, 0) is 12.8 Å². The fourth-order valence-electron chi connectivity index (χ4n) is 3.06. The van der Waals surface area contributed by atoms with Gasteiger partial charge in [-0.05, 0) is 30.9 Å². The lowest BCUT2D eigenvalue weighted by Crippen LogP contribution is -2.05. The van der Waals surface area contributed by atoms with Crippen molar-refractivity contribution in [2.75, 3.05) is 0 Å². The van der Waals surface area contributed by atoms with Crippen molar-refractivity contribution in [1.29, 1.82) is 5.41 Å². The molecule has 4 rings (SSSR count). The molecule has 3 aromatic rings. The average Bonchev–Trinajstić information content (AvgIpc) is 2.86. The molecule has 1 aromatic carbocycles. The van der Waals surface area contributed by atoms with Crippen molar-refractivity contribution >= 4 is 34.0 Å². The van der Waals surface area contributed by atoms with Crippen molar-refractivity contribution in [1.82, 2.24) is 4.98 Å². The second-order valence-corrected chi connectivity index (χ2v) is 5.35. The van der Waals surface area contributed by atoms with E-state index in [-0.39, 0.29) is 5.55 Å². The van der Waals surface area contributed by atoms with Gasteiger partial charge in [-0.25, -0.2) is 0 Å². The molecule has 0 aliphatic heterocycles. The lowest BCUT2D eigenvalue weighted by atomic mass is 10.0. The van der Waals surface area contributed by atoms with Crippen LogP contribution in [0.25, 0.3) is 21.7 Å². The predicted molar refractivity (Wildman–Crippen MR) is 76.8 cm³/mol. The van der Waals surface area contributed by atoms with Gasteiger partial charge < -0.3 is 9.40 Å². The number of aromatic nitrogens is 1. The van der Waals surface area contributed by atoms with Gasteiger partial charge in [0.05, 0.1) is 5.39 Å². The Morgan fingerprint density at radius 3 is 2.89 bits per heavy atom. The molecule has 2 aromatic heterocycles. The smallest absolute Gasteiger partial charge is 0.222 e. The summed E-state index contributed by atoms with van der Waals surface area (Å²) >= 11 is 5.41. The molecule has 0 atom stereocenters. The van der Waals surface area contributed by atoms with Crippen molar-refractivity contribution in [3.63, 3.8) is 0 Å². The average molecular weight is 268 g/mol. The van der Waals surface area contributed by atoms with E-state index in [1.54, 1.807) is 0 Å². The number of nitrogens with one attached hydrogen (secondary N) is 2. The number of H-pyrrole nitrogens is 1. The Bertz CT molecular complexity index is 936. The van der Waals surface area contributed by atoms with Gasteiger partial charge in [-0.3, -0.25) is 5.41 Å². The largest absolute Gasteiger partial charge is 0.438 e. The monoisotopic (exact) mass is 268 g/mol. The van der Waals surface area contributed by atoms with E-state index < -0.39 is 0 Å². The Kier molecular flexibility index (Phi) is 2.17. The molecule has 0 amide bonds. The summed E-state index contributed by atoms with van der Waals surface area (Å²) in [7, 11) is 0. The predicted octanol–water partition coefficient (Wildman–Crippen LogP) is 3.61. The first kappa shape index (κ1) is 10.9. The molecule has 1 aliphatic rings. The number of rotatable bonds is 0. The number of fused-ring (bicyclic) bond motifs is 5. The van der Waals surface area contributed by atoms with Gasteiger partial charge in [0.2, 0.25) is 5.55 Å². The van der Waals surface area contributed by atoms with Crippen LogP contribution in [0.3, 0.4) is 0 Å². The highest BCUT2D eigenvalue weighted by Gasteiger charge is 2.19. The van der Waals surface area contributed by atoms with E-state index in [1.807, 2.05) is 24.3 Å². The molecular formula is C15H12N2OS. The van der Waals surface area contributed by atoms with Crippen LogP contribution in [0.4, 0.5) is 0 Å². The third kappa shape index (κ3) is 1.43. The zero-order chi connectivity index (χ0) is 13.0. The summed E-state index contributed by atoms with van der Waals surface area (Å²) < 4.78 is 6.22. The van der Waals surface area contributed by atoms with Gasteiger partial charge in [-0.2, -0.15) is 0 Å². The summed E-state index contributed by atoms with van der Waals surface area (Å²) in [5.41, 5.74) is 3.46. The second-order valence-electron chi connectivity index (χ2n) is 4.94. The van der Waals surface area contributed by atoms with Gasteiger partial charge in [0.15, 0.2) is 0 Å². The first-order valence-corrected chi connectivity index (χ1v) is 6.81. The topological polar surface area (TPSA) is 52.8 Å². The van der Waals surface area contributed by atoms with Crippen molar-refractivity contribution in [3.05, 3.63) is 45.7 Å². The lowest BCUT2D eigenvalue weighted by Gasteiger charge is -2.09. The maximum absolute atomic E-state index is 8.10. The van der Waals surface area contributed by atoms with Crippen molar-refractivity contribution < 1.29 is 4.42 Å². The van der Waals surface area contributed by atoms with Crippen LogP contribution >= 0.6 is 12.2 Å². The van der Waals surface area contributed by atoms with E-state index >= 15 is 0 Å². The SMILES string of the molecule is N=c1oc2ccccc2c2c3c([nH]c(=S)c12)CCC3. The van der Waals surface area contributed by atoms with Gasteiger partial charge in [0.1, 0.15) is 10.2 Å². The number of hydrogen-bond donors (Lipinski definition) is 2. The Balaban J connectivity index is 2.41. The molecule has 0 saturated heterocycles. The Hall–Kier alpha value is -1.94. The van der Waals surface area contributed by atoms with Gasteiger partial charge >= 0.3 is 0 Å². The van der Waals surface area contributed by atoms with Crippen molar-refractivity contribution in [2.45, 2.75) is 19.3 Å². The molecule has 0 spiro atoms. The molecule has 0 bridgehead atoms. The summed E-state index contributed by atoms with van der Waals surface area (Å²) in [5, 5.41) is 11.0. The maximum atomic E-state index is 8.10. The lowest BCUT2D eigenvalue weighted by molar-refractivity contribution is 0.542. The fourth-order valence-corrected chi connectivity index (χ4v) is 3.38. The summed E-state index contributed by atoms with van der Waals surface area (Å²) in [6.07, 6.45) is 3.24. The van der Waals surface area contributed by atoms with Crippen LogP contribution in [0.5, 0.6) is 0 Å². The zero-order valence-electron chi connectivity index (χ0n) is 10.2. The first-order chi connectivity index (χ1) is 9.25. The molecule has 4 heteroatoms. The van der Waals surface area contributed by atoms with Crippen molar-refractivity contribution in [2.24, 2.45) is 0 Å². The summed E-state index contributed by atoms with van der Waals surface area (Å²) in [6, 6.07) is 7.89. The maximum Gasteiger partial charge on any atom is 0.222 e. The van der Waals surface area contributed by atoms with Crippen LogP contribution in [0.1, 0.15) is 17.7 Å². The highest BCUT2D eigenvalue weighted by atomic mass is 32.1. The molecule has 19 heavy (non-hydrogen) atoms. The number of para-hydroxylation sites is 1. The second kappa shape index (κ2) is 3.78. The molecule has 94 valence electrons. The third-order valence-electron chi connectivity index (χ3n) is 3.86. The zero-order valence-corrected chi connectivity index (χ0v) is 11.1. The highest BCUT2D eigenvalue weighted by Crippen LogP contribution is 2.32. The van der Waals surface area contributed by atoms with E-state index in [4.69, 9.17) is 22.0 Å². The molecule has 0 saturated carbocycles. The first-order valence-electron chi connectivity index (χ1n) is 6.40.